The highest BCUT2D eigenvalue weighted by atomic mass is 16.7. The molecule has 0 bridgehead atoms. The van der Waals surface area contributed by atoms with E-state index in [1.54, 1.807) is 6.08 Å². The molecule has 1 aliphatic heterocycles. The fourth-order valence-corrected chi connectivity index (χ4v) is 5.09. The molecule has 2 aromatic rings. The van der Waals surface area contributed by atoms with Crippen molar-refractivity contribution in [3.05, 3.63) is 65.7 Å². The van der Waals surface area contributed by atoms with Crippen molar-refractivity contribution in [2.24, 2.45) is 5.41 Å². The number of methoxy groups -OCH3 is 1. The van der Waals surface area contributed by atoms with E-state index in [1.807, 2.05) is 24.3 Å². The summed E-state index contributed by atoms with van der Waals surface area (Å²) in [4.78, 5) is 25.1. The quantitative estimate of drug-likeness (QED) is 0.315. The number of hydrogen-bond donors (Lipinski definition) is 1. The summed E-state index contributed by atoms with van der Waals surface area (Å²) >= 11 is 0. The summed E-state index contributed by atoms with van der Waals surface area (Å²) in [5, 5.41) is 3.16. The van der Waals surface area contributed by atoms with E-state index in [0.717, 1.165) is 54.4 Å². The third kappa shape index (κ3) is 6.16. The van der Waals surface area contributed by atoms with Gasteiger partial charge in [-0.3, -0.25) is 4.79 Å². The Bertz CT molecular complexity index is 1130. The van der Waals surface area contributed by atoms with Crippen molar-refractivity contribution in [3.8, 4) is 0 Å². The molecule has 0 unspecified atom stereocenters. The van der Waals surface area contributed by atoms with Crippen molar-refractivity contribution in [1.82, 2.24) is 0 Å². The molecule has 0 spiro atoms. The van der Waals surface area contributed by atoms with E-state index in [2.05, 4.69) is 62.0 Å². The van der Waals surface area contributed by atoms with Crippen LogP contribution in [0.4, 0.5) is 5.69 Å². The lowest BCUT2D eigenvalue weighted by atomic mass is 9.69. The maximum Gasteiger partial charge on any atom is 0.494 e. The van der Waals surface area contributed by atoms with Gasteiger partial charge in [-0.1, -0.05) is 55.7 Å². The molecule has 196 valence electrons. The van der Waals surface area contributed by atoms with Crippen LogP contribution in [0.25, 0.3) is 6.08 Å². The number of esters is 1. The number of carbonyl (C=O) groups is 2. The standard InChI is InChI=1S/C30H38BNO5/c1-28(2)29(3,4)37-31(36-28)24-15-12-23(13-16-24)21-30(18-7-6-8-19-30)27(34)32-25-11-9-10-22(20-25)14-17-26(33)35-5/h9-17,20H,6-8,18-19,21H2,1-5H3,(H,32,34)/b17-14+. The van der Waals surface area contributed by atoms with Crippen molar-refractivity contribution in [2.75, 3.05) is 12.4 Å². The Morgan fingerprint density at radius 1 is 0.973 bits per heavy atom. The molecule has 1 N–H and O–H groups in total. The molecule has 4 rings (SSSR count). The maximum absolute atomic E-state index is 13.7. The third-order valence-corrected chi connectivity index (χ3v) is 8.10. The van der Waals surface area contributed by atoms with Gasteiger partial charge in [0.2, 0.25) is 5.91 Å². The Kier molecular flexibility index (Phi) is 7.95. The first-order valence-electron chi connectivity index (χ1n) is 13.2. The minimum Gasteiger partial charge on any atom is -0.466 e. The zero-order valence-electron chi connectivity index (χ0n) is 22.6. The molecule has 1 aliphatic carbocycles. The summed E-state index contributed by atoms with van der Waals surface area (Å²) in [6.45, 7) is 8.21. The smallest absolute Gasteiger partial charge is 0.466 e. The van der Waals surface area contributed by atoms with Gasteiger partial charge in [0.15, 0.2) is 0 Å². The first-order chi connectivity index (χ1) is 17.5. The zero-order valence-corrected chi connectivity index (χ0v) is 22.6. The van der Waals surface area contributed by atoms with Crippen molar-refractivity contribution in [2.45, 2.75) is 77.4 Å². The minimum absolute atomic E-state index is 0.0522. The fraction of sp³-hybridized carbons (Fsp3) is 0.467. The average Bonchev–Trinajstić information content (AvgIpc) is 3.10. The van der Waals surface area contributed by atoms with Crippen LogP contribution in [0, 0.1) is 5.41 Å². The molecule has 0 radical (unpaired) electrons. The second-order valence-corrected chi connectivity index (χ2v) is 11.3. The summed E-state index contributed by atoms with van der Waals surface area (Å²) in [5.74, 6) is -0.364. The van der Waals surface area contributed by atoms with Crippen LogP contribution in [0.15, 0.2) is 54.6 Å². The van der Waals surface area contributed by atoms with Crippen molar-refractivity contribution < 1.29 is 23.6 Å². The van der Waals surface area contributed by atoms with Crippen molar-refractivity contribution in [1.29, 1.82) is 0 Å². The number of rotatable bonds is 7. The lowest BCUT2D eigenvalue weighted by Crippen LogP contribution is -2.41. The largest absolute Gasteiger partial charge is 0.494 e. The van der Waals surface area contributed by atoms with Gasteiger partial charge in [-0.15, -0.1) is 0 Å². The molecule has 6 nitrogen and oxygen atoms in total. The van der Waals surface area contributed by atoms with Crippen LogP contribution in [0.2, 0.25) is 0 Å². The van der Waals surface area contributed by atoms with Crippen LogP contribution in [0.5, 0.6) is 0 Å². The monoisotopic (exact) mass is 503 g/mol. The second-order valence-electron chi connectivity index (χ2n) is 11.3. The Labute approximate surface area is 220 Å². The molecule has 2 aromatic carbocycles. The number of hydrogen-bond acceptors (Lipinski definition) is 5. The van der Waals surface area contributed by atoms with E-state index in [0.29, 0.717) is 6.42 Å². The van der Waals surface area contributed by atoms with Gasteiger partial charge in [-0.05, 0) is 81.8 Å². The van der Waals surface area contributed by atoms with Crippen LogP contribution in [-0.2, 0) is 30.1 Å². The minimum atomic E-state index is -0.456. The molecule has 0 aromatic heterocycles. The van der Waals surface area contributed by atoms with Gasteiger partial charge in [-0.2, -0.15) is 0 Å². The Hall–Kier alpha value is -2.90. The Morgan fingerprint density at radius 3 is 2.24 bits per heavy atom. The van der Waals surface area contributed by atoms with Gasteiger partial charge in [-0.25, -0.2) is 4.79 Å². The Balaban J connectivity index is 1.48. The van der Waals surface area contributed by atoms with Gasteiger partial charge in [0.25, 0.3) is 0 Å². The summed E-state index contributed by atoms with van der Waals surface area (Å²) in [6.07, 6.45) is 8.70. The lowest BCUT2D eigenvalue weighted by molar-refractivity contribution is -0.134. The van der Waals surface area contributed by atoms with Crippen LogP contribution in [0.3, 0.4) is 0 Å². The van der Waals surface area contributed by atoms with E-state index in [1.165, 1.54) is 13.2 Å². The molecule has 7 heteroatoms. The highest BCUT2D eigenvalue weighted by Gasteiger charge is 2.51. The first-order valence-corrected chi connectivity index (χ1v) is 13.2. The fourth-order valence-electron chi connectivity index (χ4n) is 5.09. The molecular formula is C30H38BNO5. The normalized spacial score (nSPS) is 20.1. The molecule has 0 atom stereocenters. The predicted octanol–water partition coefficient (Wildman–Crippen LogP) is 5.30. The van der Waals surface area contributed by atoms with Crippen LogP contribution in [-0.4, -0.2) is 37.3 Å². The second kappa shape index (κ2) is 10.8. The average molecular weight is 503 g/mol. The molecular weight excluding hydrogens is 465 g/mol. The zero-order chi connectivity index (χ0) is 26.7. The van der Waals surface area contributed by atoms with E-state index >= 15 is 0 Å². The molecule has 2 fully saturated rings. The number of carbonyl (C=O) groups excluding carboxylic acids is 2. The van der Waals surface area contributed by atoms with Crippen molar-refractivity contribution >= 4 is 36.2 Å². The number of amides is 1. The van der Waals surface area contributed by atoms with Crippen LogP contribution < -0.4 is 10.8 Å². The molecule has 1 heterocycles. The summed E-state index contributed by atoms with van der Waals surface area (Å²) in [5.41, 5.74) is 2.44. The topological polar surface area (TPSA) is 73.9 Å². The van der Waals surface area contributed by atoms with E-state index in [9.17, 15) is 9.59 Å². The van der Waals surface area contributed by atoms with E-state index in [-0.39, 0.29) is 17.1 Å². The van der Waals surface area contributed by atoms with Crippen molar-refractivity contribution in [3.63, 3.8) is 0 Å². The maximum atomic E-state index is 13.7. The van der Waals surface area contributed by atoms with Crippen LogP contribution in [0.1, 0.15) is 70.9 Å². The number of ether oxygens (including phenoxy) is 1. The predicted molar refractivity (Wildman–Crippen MR) is 148 cm³/mol. The molecule has 1 saturated heterocycles. The van der Waals surface area contributed by atoms with Gasteiger partial charge in [0.1, 0.15) is 0 Å². The molecule has 37 heavy (non-hydrogen) atoms. The molecule has 1 saturated carbocycles. The molecule has 2 aliphatic rings. The van der Waals surface area contributed by atoms with E-state index in [4.69, 9.17) is 9.31 Å². The lowest BCUT2D eigenvalue weighted by Gasteiger charge is -2.36. The summed E-state index contributed by atoms with van der Waals surface area (Å²) in [7, 11) is 0.949. The highest BCUT2D eigenvalue weighted by molar-refractivity contribution is 6.62. The third-order valence-electron chi connectivity index (χ3n) is 8.10. The van der Waals surface area contributed by atoms with Gasteiger partial charge in [0.05, 0.1) is 23.7 Å². The number of anilines is 1. The van der Waals surface area contributed by atoms with E-state index < -0.39 is 18.5 Å². The first kappa shape index (κ1) is 27.1. The van der Waals surface area contributed by atoms with Gasteiger partial charge >= 0.3 is 13.1 Å². The summed E-state index contributed by atoms with van der Waals surface area (Å²) < 4.78 is 17.0. The summed E-state index contributed by atoms with van der Waals surface area (Å²) in [6, 6.07) is 15.8. The number of benzene rings is 2. The number of nitrogens with one attached hydrogen (secondary N) is 1. The van der Waals surface area contributed by atoms with Gasteiger partial charge < -0.3 is 19.4 Å². The van der Waals surface area contributed by atoms with Gasteiger partial charge in [0, 0.05) is 11.8 Å². The van der Waals surface area contributed by atoms with Crippen LogP contribution >= 0.6 is 0 Å². The molecule has 1 amide bonds. The Morgan fingerprint density at radius 2 is 1.62 bits per heavy atom. The SMILES string of the molecule is COC(=O)/C=C/c1cccc(NC(=O)C2(Cc3ccc(B4OC(C)(C)C(C)(C)O4)cc3)CCCCC2)c1. The highest BCUT2D eigenvalue weighted by Crippen LogP contribution is 2.41.